The molecule has 0 saturated carbocycles. The number of allylic oxidation sites excluding steroid dienone is 2. The van der Waals surface area contributed by atoms with Crippen molar-refractivity contribution in [3.05, 3.63) is 47.7 Å². The molecule has 0 saturated heterocycles. The molecule has 0 bridgehead atoms. The molecule has 0 aliphatic heterocycles. The van der Waals surface area contributed by atoms with Gasteiger partial charge in [0, 0.05) is 11.3 Å². The van der Waals surface area contributed by atoms with Gasteiger partial charge in [0.15, 0.2) is 0 Å². The van der Waals surface area contributed by atoms with Crippen LogP contribution in [0.4, 0.5) is 0 Å². The summed E-state index contributed by atoms with van der Waals surface area (Å²) in [5.74, 6) is 0.536. The lowest BCUT2D eigenvalue weighted by molar-refractivity contribution is 0.0936. The van der Waals surface area contributed by atoms with Gasteiger partial charge in [0.1, 0.15) is 0 Å². The maximum atomic E-state index is 11.9. The predicted molar refractivity (Wildman–Crippen MR) is 77.3 cm³/mol. The first-order valence-corrected chi connectivity index (χ1v) is 6.79. The molecular weight excluding hydrogens is 236 g/mol. The number of carbonyl (C=O) groups is 1. The summed E-state index contributed by atoms with van der Waals surface area (Å²) >= 11 is 0. The van der Waals surface area contributed by atoms with Gasteiger partial charge in [-0.3, -0.25) is 10.2 Å². The van der Waals surface area contributed by atoms with Crippen molar-refractivity contribution in [1.29, 1.82) is 0 Å². The molecule has 19 heavy (non-hydrogen) atoms. The highest BCUT2D eigenvalue weighted by Crippen LogP contribution is 2.35. The molecule has 0 radical (unpaired) electrons. The van der Waals surface area contributed by atoms with Crippen LogP contribution in [0.2, 0.25) is 0 Å². The molecule has 3 nitrogen and oxygen atoms in total. The van der Waals surface area contributed by atoms with Crippen molar-refractivity contribution >= 4 is 5.91 Å². The van der Waals surface area contributed by atoms with E-state index in [9.17, 15) is 4.79 Å². The summed E-state index contributed by atoms with van der Waals surface area (Å²) in [6.07, 6.45) is 4.39. The van der Waals surface area contributed by atoms with Crippen molar-refractivity contribution in [2.45, 2.75) is 33.6 Å². The van der Waals surface area contributed by atoms with Gasteiger partial charge in [-0.05, 0) is 36.3 Å². The van der Waals surface area contributed by atoms with Gasteiger partial charge in [0.2, 0.25) is 0 Å². The Morgan fingerprint density at radius 3 is 2.58 bits per heavy atom. The second kappa shape index (κ2) is 5.47. The molecule has 1 aliphatic rings. The van der Waals surface area contributed by atoms with Gasteiger partial charge < -0.3 is 5.43 Å². The zero-order valence-corrected chi connectivity index (χ0v) is 11.9. The molecule has 0 heterocycles. The van der Waals surface area contributed by atoms with Crippen LogP contribution in [0, 0.1) is 11.3 Å². The molecule has 2 N–H and O–H groups in total. The van der Waals surface area contributed by atoms with E-state index in [1.807, 2.05) is 18.2 Å². The molecule has 1 aromatic rings. The van der Waals surface area contributed by atoms with Crippen molar-refractivity contribution in [1.82, 2.24) is 10.9 Å². The quantitative estimate of drug-likeness (QED) is 0.817. The fraction of sp³-hybridized carbons (Fsp3) is 0.438. The normalized spacial score (nSPS) is 21.4. The average molecular weight is 258 g/mol. The zero-order valence-electron chi connectivity index (χ0n) is 11.9. The second-order valence-corrected chi connectivity index (χ2v) is 6.12. The fourth-order valence-electron chi connectivity index (χ4n) is 2.82. The van der Waals surface area contributed by atoms with Crippen LogP contribution in [-0.2, 0) is 0 Å². The molecule has 1 amide bonds. The molecule has 0 unspecified atom stereocenters. The third-order valence-electron chi connectivity index (χ3n) is 3.38. The molecule has 0 aromatic heterocycles. The molecule has 2 rings (SSSR count). The third kappa shape index (κ3) is 3.85. The Morgan fingerprint density at radius 2 is 1.95 bits per heavy atom. The van der Waals surface area contributed by atoms with E-state index in [1.165, 1.54) is 6.42 Å². The van der Waals surface area contributed by atoms with E-state index in [-0.39, 0.29) is 11.3 Å². The Labute approximate surface area is 115 Å². The van der Waals surface area contributed by atoms with Crippen LogP contribution in [0.5, 0.6) is 0 Å². The lowest BCUT2D eigenvalue weighted by Crippen LogP contribution is -2.39. The second-order valence-electron chi connectivity index (χ2n) is 6.12. The molecule has 1 atom stereocenters. The minimum absolute atomic E-state index is 0.0995. The Hall–Kier alpha value is -1.77. The number of hydrazine groups is 1. The van der Waals surface area contributed by atoms with Gasteiger partial charge in [-0.25, -0.2) is 0 Å². The Balaban J connectivity index is 1.96. The van der Waals surface area contributed by atoms with Crippen molar-refractivity contribution < 1.29 is 4.79 Å². The SMILES string of the molecule is C[C@@H]1CC(NNC(=O)c2ccccc2)=CC(C)(C)C1. The van der Waals surface area contributed by atoms with Crippen molar-refractivity contribution in [2.75, 3.05) is 0 Å². The molecule has 3 heteroatoms. The summed E-state index contributed by atoms with van der Waals surface area (Å²) in [6, 6.07) is 9.23. The highest BCUT2D eigenvalue weighted by atomic mass is 16.2. The lowest BCUT2D eigenvalue weighted by atomic mass is 9.76. The van der Waals surface area contributed by atoms with E-state index in [4.69, 9.17) is 0 Å². The molecule has 1 aliphatic carbocycles. The minimum atomic E-state index is -0.0995. The van der Waals surface area contributed by atoms with Crippen LogP contribution in [0.1, 0.15) is 44.0 Å². The van der Waals surface area contributed by atoms with Crippen molar-refractivity contribution in [3.8, 4) is 0 Å². The highest BCUT2D eigenvalue weighted by molar-refractivity contribution is 5.93. The third-order valence-corrected chi connectivity index (χ3v) is 3.38. The van der Waals surface area contributed by atoms with Crippen LogP contribution >= 0.6 is 0 Å². The Bertz CT molecular complexity index is 477. The van der Waals surface area contributed by atoms with E-state index < -0.39 is 0 Å². The maximum Gasteiger partial charge on any atom is 0.269 e. The van der Waals surface area contributed by atoms with Crippen molar-refractivity contribution in [2.24, 2.45) is 11.3 Å². The van der Waals surface area contributed by atoms with E-state index in [2.05, 4.69) is 37.7 Å². The number of nitrogens with one attached hydrogen (secondary N) is 2. The fourth-order valence-corrected chi connectivity index (χ4v) is 2.82. The summed E-state index contributed by atoms with van der Waals surface area (Å²) in [7, 11) is 0. The largest absolute Gasteiger partial charge is 0.303 e. The van der Waals surface area contributed by atoms with E-state index >= 15 is 0 Å². The summed E-state index contributed by atoms with van der Waals surface area (Å²) in [5, 5.41) is 0. The number of hydrogen-bond acceptors (Lipinski definition) is 2. The highest BCUT2D eigenvalue weighted by Gasteiger charge is 2.25. The number of hydrogen-bond donors (Lipinski definition) is 2. The smallest absolute Gasteiger partial charge is 0.269 e. The van der Waals surface area contributed by atoms with E-state index in [0.717, 1.165) is 12.1 Å². The Kier molecular flexibility index (Phi) is 3.93. The average Bonchev–Trinajstić information content (AvgIpc) is 2.34. The molecular formula is C16H22N2O. The molecule has 1 aromatic carbocycles. The van der Waals surface area contributed by atoms with Gasteiger partial charge in [0.05, 0.1) is 0 Å². The van der Waals surface area contributed by atoms with E-state index in [1.54, 1.807) is 12.1 Å². The summed E-state index contributed by atoms with van der Waals surface area (Å²) in [6.45, 7) is 6.70. The summed E-state index contributed by atoms with van der Waals surface area (Å²) in [5.41, 5.74) is 7.80. The van der Waals surface area contributed by atoms with Crippen LogP contribution in [-0.4, -0.2) is 5.91 Å². The monoisotopic (exact) mass is 258 g/mol. The number of amides is 1. The summed E-state index contributed by atoms with van der Waals surface area (Å²) < 4.78 is 0. The molecule has 102 valence electrons. The topological polar surface area (TPSA) is 41.1 Å². The first-order chi connectivity index (χ1) is 8.96. The van der Waals surface area contributed by atoms with Gasteiger partial charge in [-0.2, -0.15) is 0 Å². The van der Waals surface area contributed by atoms with Crippen molar-refractivity contribution in [3.63, 3.8) is 0 Å². The van der Waals surface area contributed by atoms with Gasteiger partial charge >= 0.3 is 0 Å². The maximum absolute atomic E-state index is 11.9. The van der Waals surface area contributed by atoms with Gasteiger partial charge in [-0.15, -0.1) is 0 Å². The number of benzene rings is 1. The minimum Gasteiger partial charge on any atom is -0.303 e. The number of carbonyl (C=O) groups excluding carboxylic acids is 1. The van der Waals surface area contributed by atoms with Crippen LogP contribution in [0.3, 0.4) is 0 Å². The zero-order chi connectivity index (χ0) is 13.9. The molecule has 0 spiro atoms. The van der Waals surface area contributed by atoms with Gasteiger partial charge in [0.25, 0.3) is 5.91 Å². The first-order valence-electron chi connectivity index (χ1n) is 6.79. The van der Waals surface area contributed by atoms with Crippen LogP contribution < -0.4 is 10.9 Å². The van der Waals surface area contributed by atoms with Crippen LogP contribution in [0.25, 0.3) is 0 Å². The van der Waals surface area contributed by atoms with Crippen LogP contribution in [0.15, 0.2) is 42.1 Å². The predicted octanol–water partition coefficient (Wildman–Crippen LogP) is 3.26. The Morgan fingerprint density at radius 1 is 1.26 bits per heavy atom. The standard InChI is InChI=1S/C16H22N2O/c1-12-9-14(11-16(2,3)10-12)17-18-15(19)13-7-5-4-6-8-13/h4-8,11-12,17H,9-10H2,1-3H3,(H,18,19)/t12-/m1/s1. The summed E-state index contributed by atoms with van der Waals surface area (Å²) in [4.78, 5) is 11.9. The lowest BCUT2D eigenvalue weighted by Gasteiger charge is -2.32. The van der Waals surface area contributed by atoms with E-state index in [0.29, 0.717) is 11.5 Å². The first kappa shape index (κ1) is 13.7. The van der Waals surface area contributed by atoms with Gasteiger partial charge in [-0.1, -0.05) is 45.0 Å². The number of rotatable bonds is 3. The molecule has 0 fully saturated rings.